The average Bonchev–Trinajstić information content (AvgIpc) is 2.94. The molecule has 0 unspecified atom stereocenters. The molecular formula is C12H16N4OS. The van der Waals surface area contributed by atoms with Crippen LogP contribution in [0.1, 0.15) is 40.3 Å². The Morgan fingerprint density at radius 1 is 1.56 bits per heavy atom. The van der Waals surface area contributed by atoms with Crippen LogP contribution in [-0.4, -0.2) is 20.7 Å². The summed E-state index contributed by atoms with van der Waals surface area (Å²) in [6, 6.07) is 1.99. The van der Waals surface area contributed by atoms with Crippen LogP contribution in [0.2, 0.25) is 0 Å². The first-order valence-corrected chi connectivity index (χ1v) is 6.62. The third-order valence-electron chi connectivity index (χ3n) is 2.46. The van der Waals surface area contributed by atoms with Crippen LogP contribution in [0.5, 0.6) is 0 Å². The zero-order chi connectivity index (χ0) is 13.1. The third-order valence-corrected chi connectivity index (χ3v) is 3.38. The Hall–Kier alpha value is -1.69. The van der Waals surface area contributed by atoms with Gasteiger partial charge in [-0.3, -0.25) is 9.48 Å². The molecule has 2 aromatic heterocycles. The Labute approximate surface area is 110 Å². The van der Waals surface area contributed by atoms with Crippen LogP contribution in [0.15, 0.2) is 18.5 Å². The maximum absolute atomic E-state index is 11.9. The second-order valence-corrected chi connectivity index (χ2v) is 5.62. The molecule has 1 amide bonds. The number of thiazole rings is 1. The monoisotopic (exact) mass is 264 g/mol. The zero-order valence-electron chi connectivity index (χ0n) is 10.7. The fourth-order valence-corrected chi connectivity index (χ4v) is 2.23. The van der Waals surface area contributed by atoms with Crippen molar-refractivity contribution < 1.29 is 4.79 Å². The number of rotatable bonds is 4. The van der Waals surface area contributed by atoms with Crippen LogP contribution in [0, 0.1) is 6.92 Å². The molecule has 0 spiro atoms. The number of hydrogen-bond donors (Lipinski definition) is 1. The topological polar surface area (TPSA) is 59.8 Å². The highest BCUT2D eigenvalue weighted by Crippen LogP contribution is 2.11. The molecule has 2 aromatic rings. The first-order chi connectivity index (χ1) is 8.56. The van der Waals surface area contributed by atoms with E-state index in [-0.39, 0.29) is 11.9 Å². The van der Waals surface area contributed by atoms with E-state index in [2.05, 4.69) is 15.4 Å². The van der Waals surface area contributed by atoms with Gasteiger partial charge in [0.2, 0.25) is 0 Å². The van der Waals surface area contributed by atoms with Gasteiger partial charge in [-0.2, -0.15) is 5.10 Å². The van der Waals surface area contributed by atoms with E-state index < -0.39 is 0 Å². The lowest BCUT2D eigenvalue weighted by Crippen LogP contribution is -2.23. The number of aryl methyl sites for hydroxylation is 1. The molecular weight excluding hydrogens is 248 g/mol. The number of amides is 1. The van der Waals surface area contributed by atoms with Gasteiger partial charge in [0.25, 0.3) is 5.91 Å². The van der Waals surface area contributed by atoms with Crippen molar-refractivity contribution in [1.29, 1.82) is 0 Å². The van der Waals surface area contributed by atoms with Crippen LogP contribution >= 0.6 is 11.3 Å². The first-order valence-electron chi connectivity index (χ1n) is 5.81. The SMILES string of the molecule is Cc1ncc(CNC(=O)c2ccn(C(C)C)n2)s1. The molecule has 0 radical (unpaired) electrons. The fraction of sp³-hybridized carbons (Fsp3) is 0.417. The van der Waals surface area contributed by atoms with E-state index >= 15 is 0 Å². The Balaban J connectivity index is 1.95. The highest BCUT2D eigenvalue weighted by atomic mass is 32.1. The Bertz CT molecular complexity index is 544. The minimum atomic E-state index is -0.152. The number of carbonyl (C=O) groups is 1. The summed E-state index contributed by atoms with van der Waals surface area (Å²) in [5.41, 5.74) is 0.449. The lowest BCUT2D eigenvalue weighted by Gasteiger charge is -2.04. The molecule has 5 nitrogen and oxygen atoms in total. The van der Waals surface area contributed by atoms with Gasteiger partial charge in [-0.05, 0) is 26.8 Å². The lowest BCUT2D eigenvalue weighted by atomic mass is 10.4. The van der Waals surface area contributed by atoms with Crippen molar-refractivity contribution in [3.63, 3.8) is 0 Å². The largest absolute Gasteiger partial charge is 0.346 e. The third kappa shape index (κ3) is 2.95. The van der Waals surface area contributed by atoms with Crippen molar-refractivity contribution in [3.8, 4) is 0 Å². The molecule has 2 rings (SSSR count). The summed E-state index contributed by atoms with van der Waals surface area (Å²) in [4.78, 5) is 17.0. The van der Waals surface area contributed by atoms with Gasteiger partial charge >= 0.3 is 0 Å². The lowest BCUT2D eigenvalue weighted by molar-refractivity contribution is 0.0945. The highest BCUT2D eigenvalue weighted by molar-refractivity contribution is 7.11. The molecule has 0 aliphatic carbocycles. The zero-order valence-corrected chi connectivity index (χ0v) is 11.5. The van der Waals surface area contributed by atoms with Crippen LogP contribution < -0.4 is 5.32 Å². The molecule has 2 heterocycles. The van der Waals surface area contributed by atoms with Crippen molar-refractivity contribution in [2.75, 3.05) is 0 Å². The Morgan fingerprint density at radius 2 is 2.33 bits per heavy atom. The van der Waals surface area contributed by atoms with Gasteiger partial charge in [0, 0.05) is 23.3 Å². The molecule has 0 bridgehead atoms. The summed E-state index contributed by atoms with van der Waals surface area (Å²) < 4.78 is 1.77. The summed E-state index contributed by atoms with van der Waals surface area (Å²) in [5.74, 6) is -0.152. The second kappa shape index (κ2) is 5.30. The molecule has 96 valence electrons. The average molecular weight is 264 g/mol. The van der Waals surface area contributed by atoms with Gasteiger partial charge in [-0.15, -0.1) is 11.3 Å². The molecule has 0 atom stereocenters. The number of aromatic nitrogens is 3. The van der Waals surface area contributed by atoms with Gasteiger partial charge in [0.1, 0.15) is 5.69 Å². The number of nitrogens with one attached hydrogen (secondary N) is 1. The summed E-state index contributed by atoms with van der Waals surface area (Å²) in [5, 5.41) is 8.06. The van der Waals surface area contributed by atoms with E-state index in [9.17, 15) is 4.79 Å². The molecule has 6 heteroatoms. The van der Waals surface area contributed by atoms with Crippen molar-refractivity contribution >= 4 is 17.2 Å². The summed E-state index contributed by atoms with van der Waals surface area (Å²) >= 11 is 1.58. The van der Waals surface area contributed by atoms with Gasteiger partial charge in [-0.1, -0.05) is 0 Å². The van der Waals surface area contributed by atoms with Gasteiger partial charge < -0.3 is 5.32 Å². The maximum atomic E-state index is 11.9. The molecule has 0 aliphatic heterocycles. The highest BCUT2D eigenvalue weighted by Gasteiger charge is 2.10. The van der Waals surface area contributed by atoms with Crippen molar-refractivity contribution in [2.24, 2.45) is 0 Å². The van der Waals surface area contributed by atoms with E-state index in [1.165, 1.54) is 0 Å². The van der Waals surface area contributed by atoms with E-state index in [0.717, 1.165) is 9.88 Å². The molecule has 0 saturated carbocycles. The minimum absolute atomic E-state index is 0.152. The summed E-state index contributed by atoms with van der Waals surface area (Å²) in [6.07, 6.45) is 3.60. The quantitative estimate of drug-likeness (QED) is 0.920. The standard InChI is InChI=1S/C12H16N4OS/c1-8(2)16-5-4-11(15-16)12(17)14-7-10-6-13-9(3)18-10/h4-6,8H,7H2,1-3H3,(H,14,17). The van der Waals surface area contributed by atoms with E-state index in [1.807, 2.05) is 27.0 Å². The van der Waals surface area contributed by atoms with Crippen molar-refractivity contribution in [1.82, 2.24) is 20.1 Å². The summed E-state index contributed by atoms with van der Waals surface area (Å²) in [6.45, 7) is 6.49. The Morgan fingerprint density at radius 3 is 2.89 bits per heavy atom. The van der Waals surface area contributed by atoms with Gasteiger partial charge in [0.15, 0.2) is 0 Å². The van der Waals surface area contributed by atoms with E-state index in [4.69, 9.17) is 0 Å². The van der Waals surface area contributed by atoms with E-state index in [1.54, 1.807) is 28.3 Å². The van der Waals surface area contributed by atoms with Crippen LogP contribution in [0.4, 0.5) is 0 Å². The van der Waals surface area contributed by atoms with Crippen molar-refractivity contribution in [2.45, 2.75) is 33.4 Å². The first kappa shape index (κ1) is 12.8. The predicted octanol–water partition coefficient (Wildman–Crippen LogP) is 2.16. The molecule has 0 aliphatic rings. The summed E-state index contributed by atoms with van der Waals surface area (Å²) in [7, 11) is 0. The molecule has 0 saturated heterocycles. The number of hydrogen-bond acceptors (Lipinski definition) is 4. The van der Waals surface area contributed by atoms with Crippen LogP contribution in [0.3, 0.4) is 0 Å². The number of carbonyl (C=O) groups excluding carboxylic acids is 1. The normalized spacial score (nSPS) is 10.9. The molecule has 18 heavy (non-hydrogen) atoms. The molecule has 0 fully saturated rings. The van der Waals surface area contributed by atoms with Crippen LogP contribution in [0.25, 0.3) is 0 Å². The fourth-order valence-electron chi connectivity index (χ4n) is 1.49. The molecule has 0 aromatic carbocycles. The van der Waals surface area contributed by atoms with Crippen LogP contribution in [-0.2, 0) is 6.54 Å². The molecule has 1 N–H and O–H groups in total. The van der Waals surface area contributed by atoms with Gasteiger partial charge in [0.05, 0.1) is 11.6 Å². The predicted molar refractivity (Wildman–Crippen MR) is 70.6 cm³/mol. The second-order valence-electron chi connectivity index (χ2n) is 4.30. The van der Waals surface area contributed by atoms with Crippen molar-refractivity contribution in [3.05, 3.63) is 34.0 Å². The maximum Gasteiger partial charge on any atom is 0.272 e. The minimum Gasteiger partial charge on any atom is -0.346 e. The van der Waals surface area contributed by atoms with Gasteiger partial charge in [-0.25, -0.2) is 4.98 Å². The smallest absolute Gasteiger partial charge is 0.272 e. The number of nitrogens with zero attached hydrogens (tertiary/aromatic N) is 3. The Kier molecular flexibility index (Phi) is 3.76. The van der Waals surface area contributed by atoms with E-state index in [0.29, 0.717) is 12.2 Å².